The maximum absolute atomic E-state index is 10.9. The van der Waals surface area contributed by atoms with Gasteiger partial charge in [0.2, 0.25) is 0 Å². The normalized spacial score (nSPS) is 14.7. The molecule has 0 aliphatic carbocycles. The Hall–Kier alpha value is -1.39. The zero-order valence-electron chi connectivity index (χ0n) is 12.3. The third-order valence-electron chi connectivity index (χ3n) is 2.30. The van der Waals surface area contributed by atoms with Crippen LogP contribution in [0.25, 0.3) is 0 Å². The zero-order chi connectivity index (χ0) is 14.1. The second-order valence-corrected chi connectivity index (χ2v) is 4.43. The van der Waals surface area contributed by atoms with E-state index in [9.17, 15) is 4.79 Å². The van der Waals surface area contributed by atoms with Crippen molar-refractivity contribution in [2.45, 2.75) is 53.6 Å². The molecule has 2 atom stereocenters. The molecular formula is C13H25N3O2. The highest BCUT2D eigenvalue weighted by Gasteiger charge is 2.18. The minimum absolute atomic E-state index is 0.0244. The molecule has 0 aromatic carbocycles. The van der Waals surface area contributed by atoms with Crippen LogP contribution in [0, 0.1) is 0 Å². The molecule has 0 aromatic rings. The summed E-state index contributed by atoms with van der Waals surface area (Å²) in [5.74, 6) is 0.557. The van der Waals surface area contributed by atoms with Crippen LogP contribution < -0.4 is 5.32 Å². The molecule has 0 aromatic heterocycles. The molecule has 0 fully saturated rings. The number of carbonyl (C=O) groups excluding carboxylic acids is 1. The van der Waals surface area contributed by atoms with Crippen molar-refractivity contribution in [3.63, 3.8) is 0 Å². The summed E-state index contributed by atoms with van der Waals surface area (Å²) in [7, 11) is 0. The van der Waals surface area contributed by atoms with Crippen LogP contribution in [0.15, 0.2) is 9.98 Å². The highest BCUT2D eigenvalue weighted by Crippen LogP contribution is 2.01. The molecule has 0 heterocycles. The number of nitrogens with zero attached hydrogens (tertiary/aromatic N) is 2. The van der Waals surface area contributed by atoms with Gasteiger partial charge in [-0.05, 0) is 34.6 Å². The largest absolute Gasteiger partial charge is 0.464 e. The van der Waals surface area contributed by atoms with Crippen LogP contribution in [0.5, 0.6) is 0 Å². The van der Waals surface area contributed by atoms with Crippen molar-refractivity contribution in [1.29, 1.82) is 0 Å². The zero-order valence-corrected chi connectivity index (χ0v) is 12.3. The molecule has 18 heavy (non-hydrogen) atoms. The summed E-state index contributed by atoms with van der Waals surface area (Å²) in [6.07, 6.45) is 0. The number of hydrogen-bond acceptors (Lipinski definition) is 4. The number of esters is 1. The van der Waals surface area contributed by atoms with E-state index in [0.29, 0.717) is 6.61 Å². The van der Waals surface area contributed by atoms with E-state index in [4.69, 9.17) is 4.74 Å². The second kappa shape index (κ2) is 8.66. The Balaban J connectivity index is 4.65. The molecule has 0 bridgehead atoms. The summed E-state index contributed by atoms with van der Waals surface area (Å²) in [5.41, 5.74) is 1.00. The van der Waals surface area contributed by atoms with Crippen molar-refractivity contribution in [2.75, 3.05) is 13.2 Å². The summed E-state index contributed by atoms with van der Waals surface area (Å²) in [6.45, 7) is 12.2. The van der Waals surface area contributed by atoms with Gasteiger partial charge in [0.05, 0.1) is 17.9 Å². The van der Waals surface area contributed by atoms with Crippen LogP contribution >= 0.6 is 0 Å². The van der Waals surface area contributed by atoms with Gasteiger partial charge >= 0.3 is 5.97 Å². The Morgan fingerprint density at radius 1 is 1.28 bits per heavy atom. The molecule has 0 rings (SSSR count). The Bertz CT molecular complexity index is 320. The molecule has 5 heteroatoms. The summed E-state index contributed by atoms with van der Waals surface area (Å²) >= 11 is 0. The second-order valence-electron chi connectivity index (χ2n) is 4.43. The fraction of sp³-hybridized carbons (Fsp3) is 0.769. The van der Waals surface area contributed by atoms with E-state index in [1.807, 2.05) is 34.6 Å². The number of aliphatic imine (C=N–C) groups is 2. The lowest BCUT2D eigenvalue weighted by Gasteiger charge is -2.23. The molecule has 1 N–H and O–H groups in total. The average molecular weight is 255 g/mol. The van der Waals surface area contributed by atoms with Crippen molar-refractivity contribution < 1.29 is 9.53 Å². The van der Waals surface area contributed by atoms with E-state index in [1.54, 1.807) is 0 Å². The summed E-state index contributed by atoms with van der Waals surface area (Å²) < 4.78 is 5.06. The fourth-order valence-corrected chi connectivity index (χ4v) is 1.56. The lowest BCUT2D eigenvalue weighted by atomic mass is 10.1. The van der Waals surface area contributed by atoms with Gasteiger partial charge in [0, 0.05) is 19.2 Å². The maximum atomic E-state index is 10.9. The van der Waals surface area contributed by atoms with Gasteiger partial charge in [-0.25, -0.2) is 0 Å². The number of ether oxygens (including phenoxy) is 1. The van der Waals surface area contributed by atoms with E-state index < -0.39 is 0 Å². The van der Waals surface area contributed by atoms with Gasteiger partial charge in [-0.3, -0.25) is 14.8 Å². The van der Waals surface area contributed by atoms with Gasteiger partial charge < -0.3 is 10.1 Å². The van der Waals surface area contributed by atoms with Crippen molar-refractivity contribution >= 4 is 17.5 Å². The van der Waals surface area contributed by atoms with Gasteiger partial charge in [0.25, 0.3) is 0 Å². The lowest BCUT2D eigenvalue weighted by Crippen LogP contribution is -2.44. The maximum Gasteiger partial charge on any atom is 0.302 e. The quantitative estimate of drug-likeness (QED) is 0.447. The van der Waals surface area contributed by atoms with Crippen molar-refractivity contribution in [2.24, 2.45) is 9.98 Å². The molecular weight excluding hydrogens is 230 g/mol. The van der Waals surface area contributed by atoms with Gasteiger partial charge in [-0.2, -0.15) is 0 Å². The third-order valence-corrected chi connectivity index (χ3v) is 2.30. The molecule has 5 nitrogen and oxygen atoms in total. The average Bonchev–Trinajstić information content (AvgIpc) is 2.23. The summed E-state index contributed by atoms with van der Waals surface area (Å²) in [6, 6.07) is -0.0320. The van der Waals surface area contributed by atoms with E-state index in [2.05, 4.69) is 15.3 Å². The predicted octanol–water partition coefficient (Wildman–Crippen LogP) is 1.82. The summed E-state index contributed by atoms with van der Waals surface area (Å²) in [5, 5.41) is 3.24. The smallest absolute Gasteiger partial charge is 0.302 e. The molecule has 0 amide bonds. The van der Waals surface area contributed by atoms with Crippen molar-refractivity contribution in [3.05, 3.63) is 0 Å². The van der Waals surface area contributed by atoms with Crippen molar-refractivity contribution in [3.8, 4) is 0 Å². The van der Waals surface area contributed by atoms with Gasteiger partial charge in [0.1, 0.15) is 6.61 Å². The Morgan fingerprint density at radius 3 is 2.33 bits per heavy atom. The molecule has 2 unspecified atom stereocenters. The first-order valence-electron chi connectivity index (χ1n) is 6.28. The Morgan fingerprint density at radius 2 is 1.89 bits per heavy atom. The predicted molar refractivity (Wildman–Crippen MR) is 75.5 cm³/mol. The number of hydrogen-bond donors (Lipinski definition) is 1. The third kappa shape index (κ3) is 7.81. The topological polar surface area (TPSA) is 63.1 Å². The standard InChI is InChI=1S/C13H25N3O2/c1-7-14-11(5)16-13(8-18-12(6)17)10(4)15-9(2)3/h10,13H,7-8H2,1-6H3,(H,14,16). The van der Waals surface area contributed by atoms with Gasteiger partial charge in [-0.15, -0.1) is 0 Å². The van der Waals surface area contributed by atoms with E-state index >= 15 is 0 Å². The monoisotopic (exact) mass is 255 g/mol. The number of nitrogens with one attached hydrogen (secondary N) is 1. The van der Waals surface area contributed by atoms with Crippen LogP contribution in [0.1, 0.15) is 41.5 Å². The van der Waals surface area contributed by atoms with E-state index in [-0.39, 0.29) is 18.1 Å². The highest BCUT2D eigenvalue weighted by molar-refractivity contribution is 5.80. The first-order chi connectivity index (χ1) is 8.36. The SMILES string of the molecule is CCN=C(C)NC(COC(C)=O)C(C)N=C(C)C. The van der Waals surface area contributed by atoms with Crippen molar-refractivity contribution in [1.82, 2.24) is 5.32 Å². The molecule has 0 saturated heterocycles. The Kier molecular flexibility index (Phi) is 8.00. The van der Waals surface area contributed by atoms with Gasteiger partial charge in [-0.1, -0.05) is 0 Å². The minimum atomic E-state index is -0.281. The molecule has 0 aliphatic rings. The van der Waals surface area contributed by atoms with Crippen LogP contribution in [-0.4, -0.2) is 42.8 Å². The molecule has 0 aliphatic heterocycles. The molecule has 0 radical (unpaired) electrons. The van der Waals surface area contributed by atoms with Gasteiger partial charge in [0.15, 0.2) is 0 Å². The minimum Gasteiger partial charge on any atom is -0.464 e. The lowest BCUT2D eigenvalue weighted by molar-refractivity contribution is -0.141. The highest BCUT2D eigenvalue weighted by atomic mass is 16.5. The number of amidine groups is 1. The molecule has 104 valence electrons. The first kappa shape index (κ1) is 16.6. The summed E-state index contributed by atoms with van der Waals surface area (Å²) in [4.78, 5) is 19.6. The van der Waals surface area contributed by atoms with Crippen LogP contribution in [0.4, 0.5) is 0 Å². The number of carbonyl (C=O) groups is 1. The number of rotatable bonds is 6. The van der Waals surface area contributed by atoms with Crippen LogP contribution in [0.3, 0.4) is 0 Å². The fourth-order valence-electron chi connectivity index (χ4n) is 1.56. The van der Waals surface area contributed by atoms with Crippen LogP contribution in [-0.2, 0) is 9.53 Å². The first-order valence-corrected chi connectivity index (χ1v) is 6.28. The van der Waals surface area contributed by atoms with E-state index in [1.165, 1.54) is 6.92 Å². The molecule has 0 spiro atoms. The Labute approximate surface area is 110 Å². The van der Waals surface area contributed by atoms with Crippen LogP contribution in [0.2, 0.25) is 0 Å². The van der Waals surface area contributed by atoms with E-state index in [0.717, 1.165) is 18.1 Å². The molecule has 0 saturated carbocycles.